The van der Waals surface area contributed by atoms with E-state index in [0.29, 0.717) is 15.1 Å². The Labute approximate surface area is 111 Å². The van der Waals surface area contributed by atoms with E-state index in [2.05, 4.69) is 15.9 Å². The van der Waals surface area contributed by atoms with Crippen molar-refractivity contribution in [2.24, 2.45) is 0 Å². The highest BCUT2D eigenvalue weighted by molar-refractivity contribution is 9.10. The molecule has 86 valence electrons. The molecule has 0 atom stereocenters. The van der Waals surface area contributed by atoms with Gasteiger partial charge in [-0.15, -0.1) is 0 Å². The molecule has 2 aromatic rings. The first kappa shape index (κ1) is 12.3. The number of hydrogen-bond acceptors (Lipinski definition) is 1. The van der Waals surface area contributed by atoms with Crippen LogP contribution >= 0.6 is 27.5 Å². The number of ketones is 1. The van der Waals surface area contributed by atoms with Gasteiger partial charge in [0, 0.05) is 15.1 Å². The lowest BCUT2D eigenvalue weighted by Crippen LogP contribution is -2.04. The number of halogens is 3. The molecule has 0 heterocycles. The molecule has 1 nitrogen and oxygen atoms in total. The van der Waals surface area contributed by atoms with Gasteiger partial charge in [0.15, 0.2) is 5.78 Å². The molecule has 0 amide bonds. The highest BCUT2D eigenvalue weighted by Crippen LogP contribution is 2.22. The fraction of sp³-hybridized carbons (Fsp3) is 0. The Bertz CT molecular complexity index is 563. The fourth-order valence-corrected chi connectivity index (χ4v) is 2.35. The minimum Gasteiger partial charge on any atom is -0.288 e. The molecule has 2 rings (SSSR count). The molecule has 0 spiro atoms. The molecule has 0 unspecified atom stereocenters. The zero-order valence-corrected chi connectivity index (χ0v) is 10.9. The van der Waals surface area contributed by atoms with Crippen molar-refractivity contribution in [3.63, 3.8) is 0 Å². The smallest absolute Gasteiger partial charge is 0.196 e. The maximum atomic E-state index is 13.5. The minimum atomic E-state index is -0.534. The van der Waals surface area contributed by atoms with Crippen LogP contribution in [0.15, 0.2) is 46.9 Å². The van der Waals surface area contributed by atoms with E-state index in [-0.39, 0.29) is 11.3 Å². The van der Waals surface area contributed by atoms with E-state index in [1.165, 1.54) is 18.2 Å². The Hall–Kier alpha value is -1.19. The number of carbonyl (C=O) groups is 1. The van der Waals surface area contributed by atoms with Crippen LogP contribution in [0.3, 0.4) is 0 Å². The third-order valence-electron chi connectivity index (χ3n) is 2.24. The van der Waals surface area contributed by atoms with Gasteiger partial charge >= 0.3 is 0 Å². The molecule has 0 bridgehead atoms. The van der Waals surface area contributed by atoms with Crippen LogP contribution in [0.4, 0.5) is 4.39 Å². The average Bonchev–Trinajstić information content (AvgIpc) is 2.27. The summed E-state index contributed by atoms with van der Waals surface area (Å²) in [6.45, 7) is 0. The Morgan fingerprint density at radius 1 is 1.18 bits per heavy atom. The van der Waals surface area contributed by atoms with Gasteiger partial charge in [0.25, 0.3) is 0 Å². The van der Waals surface area contributed by atoms with Crippen molar-refractivity contribution < 1.29 is 9.18 Å². The van der Waals surface area contributed by atoms with Gasteiger partial charge in [-0.3, -0.25) is 4.79 Å². The number of rotatable bonds is 2. The largest absolute Gasteiger partial charge is 0.288 e. The summed E-state index contributed by atoms with van der Waals surface area (Å²) in [4.78, 5) is 12.1. The van der Waals surface area contributed by atoms with Crippen LogP contribution in [0.1, 0.15) is 15.9 Å². The maximum absolute atomic E-state index is 13.5. The number of hydrogen-bond donors (Lipinski definition) is 0. The van der Waals surface area contributed by atoms with Crippen molar-refractivity contribution >= 4 is 33.3 Å². The summed E-state index contributed by atoms with van der Waals surface area (Å²) in [5.74, 6) is -0.917. The Morgan fingerprint density at radius 3 is 2.53 bits per heavy atom. The SMILES string of the molecule is O=C(c1cc(Cl)cc(Br)c1)c1ccccc1F. The van der Waals surface area contributed by atoms with Crippen molar-refractivity contribution in [3.8, 4) is 0 Å². The molecule has 0 radical (unpaired) electrons. The van der Waals surface area contributed by atoms with Crippen LogP contribution in [0, 0.1) is 5.82 Å². The molecule has 17 heavy (non-hydrogen) atoms. The molecule has 0 N–H and O–H groups in total. The Morgan fingerprint density at radius 2 is 1.88 bits per heavy atom. The normalized spacial score (nSPS) is 10.3. The highest BCUT2D eigenvalue weighted by atomic mass is 79.9. The fourth-order valence-electron chi connectivity index (χ4n) is 1.49. The second kappa shape index (κ2) is 4.98. The predicted molar refractivity (Wildman–Crippen MR) is 69.0 cm³/mol. The van der Waals surface area contributed by atoms with Crippen molar-refractivity contribution in [1.82, 2.24) is 0 Å². The van der Waals surface area contributed by atoms with Gasteiger partial charge in [-0.1, -0.05) is 39.7 Å². The molecular weight excluding hydrogens is 306 g/mol. The summed E-state index contributed by atoms with van der Waals surface area (Å²) in [6, 6.07) is 10.7. The van der Waals surface area contributed by atoms with Crippen molar-refractivity contribution in [2.45, 2.75) is 0 Å². The number of benzene rings is 2. The molecular formula is C13H7BrClFO. The maximum Gasteiger partial charge on any atom is 0.196 e. The topological polar surface area (TPSA) is 17.1 Å². The molecule has 0 aliphatic heterocycles. The second-order valence-electron chi connectivity index (χ2n) is 3.47. The van der Waals surface area contributed by atoms with Crippen LogP contribution in [0.5, 0.6) is 0 Å². The summed E-state index contributed by atoms with van der Waals surface area (Å²) in [5.41, 5.74) is 0.399. The standard InChI is InChI=1S/C13H7BrClFO/c14-9-5-8(6-10(15)7-9)13(17)11-3-1-2-4-12(11)16/h1-7H. The van der Waals surface area contributed by atoms with Gasteiger partial charge in [-0.05, 0) is 30.3 Å². The summed E-state index contributed by atoms with van der Waals surface area (Å²) in [7, 11) is 0. The van der Waals surface area contributed by atoms with Crippen molar-refractivity contribution in [3.05, 3.63) is 68.9 Å². The molecule has 0 fully saturated rings. The highest BCUT2D eigenvalue weighted by Gasteiger charge is 2.14. The molecule has 0 saturated heterocycles. The van der Waals surface area contributed by atoms with E-state index in [1.54, 1.807) is 24.3 Å². The van der Waals surface area contributed by atoms with Crippen LogP contribution in [-0.2, 0) is 0 Å². The third-order valence-corrected chi connectivity index (χ3v) is 2.92. The first-order chi connectivity index (χ1) is 8.08. The molecule has 0 aromatic heterocycles. The zero-order valence-electron chi connectivity index (χ0n) is 8.58. The summed E-state index contributed by atoms with van der Waals surface area (Å²) < 4.78 is 14.1. The van der Waals surface area contributed by atoms with Crippen LogP contribution in [-0.4, -0.2) is 5.78 Å². The molecule has 0 aliphatic rings. The van der Waals surface area contributed by atoms with Crippen LogP contribution < -0.4 is 0 Å². The third kappa shape index (κ3) is 2.73. The van der Waals surface area contributed by atoms with E-state index in [9.17, 15) is 9.18 Å². The number of carbonyl (C=O) groups excluding carboxylic acids is 1. The monoisotopic (exact) mass is 312 g/mol. The summed E-state index contributed by atoms with van der Waals surface area (Å²) in [5, 5.41) is 0.430. The minimum absolute atomic E-state index is 0.0432. The van der Waals surface area contributed by atoms with E-state index < -0.39 is 5.82 Å². The first-order valence-corrected chi connectivity index (χ1v) is 6.00. The van der Waals surface area contributed by atoms with Gasteiger partial charge in [0.2, 0.25) is 0 Å². The van der Waals surface area contributed by atoms with E-state index >= 15 is 0 Å². The van der Waals surface area contributed by atoms with Gasteiger partial charge in [-0.2, -0.15) is 0 Å². The van der Waals surface area contributed by atoms with Crippen LogP contribution in [0.2, 0.25) is 5.02 Å². The Kier molecular flexibility index (Phi) is 3.60. The predicted octanol–water partition coefficient (Wildman–Crippen LogP) is 4.47. The van der Waals surface area contributed by atoms with Gasteiger partial charge in [-0.25, -0.2) is 4.39 Å². The lowest BCUT2D eigenvalue weighted by atomic mass is 10.0. The molecule has 0 aliphatic carbocycles. The van der Waals surface area contributed by atoms with E-state index in [1.807, 2.05) is 0 Å². The van der Waals surface area contributed by atoms with Crippen LogP contribution in [0.25, 0.3) is 0 Å². The average molecular weight is 314 g/mol. The molecule has 0 saturated carbocycles. The lowest BCUT2D eigenvalue weighted by molar-refractivity contribution is 0.103. The van der Waals surface area contributed by atoms with E-state index in [4.69, 9.17) is 11.6 Å². The Balaban J connectivity index is 2.48. The van der Waals surface area contributed by atoms with E-state index in [0.717, 1.165) is 0 Å². The van der Waals surface area contributed by atoms with Gasteiger partial charge in [0.1, 0.15) is 5.82 Å². The molecule has 2 aromatic carbocycles. The quantitative estimate of drug-likeness (QED) is 0.748. The zero-order chi connectivity index (χ0) is 12.4. The lowest BCUT2D eigenvalue weighted by Gasteiger charge is -2.04. The van der Waals surface area contributed by atoms with Gasteiger partial charge in [0.05, 0.1) is 5.56 Å². The first-order valence-electron chi connectivity index (χ1n) is 4.83. The van der Waals surface area contributed by atoms with Gasteiger partial charge < -0.3 is 0 Å². The summed E-state index contributed by atoms with van der Waals surface area (Å²) in [6.07, 6.45) is 0. The molecule has 4 heteroatoms. The van der Waals surface area contributed by atoms with Crippen molar-refractivity contribution in [2.75, 3.05) is 0 Å². The summed E-state index contributed by atoms with van der Waals surface area (Å²) >= 11 is 9.09. The second-order valence-corrected chi connectivity index (χ2v) is 4.82. The van der Waals surface area contributed by atoms with Crippen molar-refractivity contribution in [1.29, 1.82) is 0 Å².